The summed E-state index contributed by atoms with van der Waals surface area (Å²) in [5, 5.41) is 5.56. The van der Waals surface area contributed by atoms with E-state index < -0.39 is 0 Å². The minimum absolute atomic E-state index is 0.0780. The van der Waals surface area contributed by atoms with Crippen LogP contribution < -0.4 is 15.6 Å². The lowest BCUT2D eigenvalue weighted by Gasteiger charge is -2.08. The van der Waals surface area contributed by atoms with Gasteiger partial charge in [-0.25, -0.2) is 4.98 Å². The lowest BCUT2D eigenvalue weighted by molar-refractivity contribution is 0.415. The van der Waals surface area contributed by atoms with E-state index in [9.17, 15) is 4.79 Å². The predicted molar refractivity (Wildman–Crippen MR) is 84.7 cm³/mol. The summed E-state index contributed by atoms with van der Waals surface area (Å²) in [4.78, 5) is 17.0. The van der Waals surface area contributed by atoms with E-state index in [4.69, 9.17) is 16.3 Å². The third kappa shape index (κ3) is 2.86. The van der Waals surface area contributed by atoms with Gasteiger partial charge in [0.05, 0.1) is 24.4 Å². The fraction of sp³-hybridized carbons (Fsp3) is 0.143. The fourth-order valence-corrected chi connectivity index (χ4v) is 2.94. The van der Waals surface area contributed by atoms with Gasteiger partial charge in [0.25, 0.3) is 5.56 Å². The van der Waals surface area contributed by atoms with Gasteiger partial charge in [-0.1, -0.05) is 11.6 Å². The first-order valence-corrected chi connectivity index (χ1v) is 7.46. The quantitative estimate of drug-likeness (QED) is 0.802. The Morgan fingerprint density at radius 1 is 1.43 bits per heavy atom. The van der Waals surface area contributed by atoms with Crippen LogP contribution in [0.25, 0.3) is 4.96 Å². The molecular weight excluding hydrogens is 310 g/mol. The number of ether oxygens (including phenoxy) is 1. The molecule has 0 saturated heterocycles. The molecule has 3 aromatic rings. The molecule has 0 aliphatic rings. The van der Waals surface area contributed by atoms with E-state index in [0.717, 1.165) is 5.69 Å². The summed E-state index contributed by atoms with van der Waals surface area (Å²) >= 11 is 7.50. The van der Waals surface area contributed by atoms with E-state index in [1.807, 2.05) is 11.4 Å². The second-order valence-corrected chi connectivity index (χ2v) is 5.62. The molecule has 0 fully saturated rings. The fourth-order valence-electron chi connectivity index (χ4n) is 1.95. The zero-order valence-corrected chi connectivity index (χ0v) is 12.7. The van der Waals surface area contributed by atoms with Gasteiger partial charge in [0, 0.05) is 23.3 Å². The SMILES string of the molecule is COc1ccc(NCc2cc(=O)n3ccsc3n2)cc1Cl. The number of rotatable bonds is 4. The molecule has 1 N–H and O–H groups in total. The number of nitrogens with zero attached hydrogens (tertiary/aromatic N) is 2. The minimum atomic E-state index is -0.0780. The molecule has 0 amide bonds. The maximum atomic E-state index is 11.9. The molecule has 5 nitrogen and oxygen atoms in total. The molecular formula is C14H12ClN3O2S. The van der Waals surface area contributed by atoms with Crippen LogP contribution in [-0.4, -0.2) is 16.5 Å². The second-order valence-electron chi connectivity index (χ2n) is 4.34. The third-order valence-electron chi connectivity index (χ3n) is 2.98. The summed E-state index contributed by atoms with van der Waals surface area (Å²) in [6.07, 6.45) is 1.72. The normalized spacial score (nSPS) is 10.8. The molecule has 0 aliphatic carbocycles. The van der Waals surface area contributed by atoms with Crippen LogP contribution >= 0.6 is 22.9 Å². The molecule has 1 aromatic carbocycles. The van der Waals surface area contributed by atoms with Crippen molar-refractivity contribution in [3.05, 3.63) is 56.9 Å². The average Bonchev–Trinajstić information content (AvgIpc) is 2.94. The highest BCUT2D eigenvalue weighted by Gasteiger charge is 2.05. The van der Waals surface area contributed by atoms with E-state index >= 15 is 0 Å². The Hall–Kier alpha value is -2.05. The molecule has 0 atom stereocenters. The zero-order valence-electron chi connectivity index (χ0n) is 11.2. The molecule has 0 saturated carbocycles. The largest absolute Gasteiger partial charge is 0.495 e. The molecule has 7 heteroatoms. The van der Waals surface area contributed by atoms with Crippen LogP contribution in [0.4, 0.5) is 5.69 Å². The Kier molecular flexibility index (Phi) is 3.81. The van der Waals surface area contributed by atoms with E-state index in [0.29, 0.717) is 28.0 Å². The Morgan fingerprint density at radius 2 is 2.29 bits per heavy atom. The van der Waals surface area contributed by atoms with Gasteiger partial charge >= 0.3 is 0 Å². The Morgan fingerprint density at radius 3 is 3.05 bits per heavy atom. The van der Waals surface area contributed by atoms with Crippen LogP contribution in [-0.2, 0) is 6.54 Å². The number of methoxy groups -OCH3 is 1. The molecule has 0 spiro atoms. The van der Waals surface area contributed by atoms with Gasteiger partial charge in [-0.2, -0.15) is 0 Å². The molecule has 2 heterocycles. The van der Waals surface area contributed by atoms with Crippen molar-refractivity contribution < 1.29 is 4.74 Å². The number of thiazole rings is 1. The molecule has 21 heavy (non-hydrogen) atoms. The van der Waals surface area contributed by atoms with Crippen molar-refractivity contribution >= 4 is 33.6 Å². The first kappa shape index (κ1) is 13.9. The smallest absolute Gasteiger partial charge is 0.258 e. The van der Waals surface area contributed by atoms with Crippen molar-refractivity contribution in [1.82, 2.24) is 9.38 Å². The van der Waals surface area contributed by atoms with Gasteiger partial charge in [-0.05, 0) is 18.2 Å². The number of hydrogen-bond acceptors (Lipinski definition) is 5. The second kappa shape index (κ2) is 5.75. The van der Waals surface area contributed by atoms with E-state index in [2.05, 4.69) is 10.3 Å². The Labute approximate surface area is 129 Å². The van der Waals surface area contributed by atoms with Crippen molar-refractivity contribution in [1.29, 1.82) is 0 Å². The summed E-state index contributed by atoms with van der Waals surface area (Å²) < 4.78 is 6.63. The van der Waals surface area contributed by atoms with Crippen molar-refractivity contribution in [3.8, 4) is 5.75 Å². The summed E-state index contributed by atoms with van der Waals surface area (Å²) in [5.74, 6) is 0.624. The summed E-state index contributed by atoms with van der Waals surface area (Å²) in [6, 6.07) is 6.95. The average molecular weight is 322 g/mol. The highest BCUT2D eigenvalue weighted by molar-refractivity contribution is 7.15. The van der Waals surface area contributed by atoms with Crippen molar-refractivity contribution in [2.45, 2.75) is 6.54 Å². The van der Waals surface area contributed by atoms with Crippen LogP contribution in [0.2, 0.25) is 5.02 Å². The molecule has 0 aliphatic heterocycles. The maximum Gasteiger partial charge on any atom is 0.258 e. The highest BCUT2D eigenvalue weighted by Crippen LogP contribution is 2.27. The predicted octanol–water partition coefficient (Wildman–Crippen LogP) is 3.03. The maximum absolute atomic E-state index is 11.9. The van der Waals surface area contributed by atoms with Gasteiger partial charge in [0.15, 0.2) is 4.96 Å². The van der Waals surface area contributed by atoms with E-state index in [1.165, 1.54) is 21.8 Å². The number of fused-ring (bicyclic) bond motifs is 1. The molecule has 2 aromatic heterocycles. The number of hydrogen-bond donors (Lipinski definition) is 1. The van der Waals surface area contributed by atoms with Gasteiger partial charge in [0.1, 0.15) is 5.75 Å². The molecule has 0 bridgehead atoms. The van der Waals surface area contributed by atoms with Crippen LogP contribution in [0.1, 0.15) is 5.69 Å². The lowest BCUT2D eigenvalue weighted by atomic mass is 10.3. The number of anilines is 1. The molecule has 3 rings (SSSR count). The van der Waals surface area contributed by atoms with E-state index in [-0.39, 0.29) is 5.56 Å². The van der Waals surface area contributed by atoms with Gasteiger partial charge in [-0.3, -0.25) is 9.20 Å². The van der Waals surface area contributed by atoms with Gasteiger partial charge in [-0.15, -0.1) is 11.3 Å². The number of benzene rings is 1. The standard InChI is InChI=1S/C14H12ClN3O2S/c1-20-12-3-2-9(6-11(12)15)16-8-10-7-13(19)18-4-5-21-14(18)17-10/h2-7,16H,8H2,1H3. The van der Waals surface area contributed by atoms with Crippen molar-refractivity contribution in [3.63, 3.8) is 0 Å². The third-order valence-corrected chi connectivity index (χ3v) is 4.03. The number of halogens is 1. The van der Waals surface area contributed by atoms with Gasteiger partial charge in [0.2, 0.25) is 0 Å². The Balaban J connectivity index is 1.80. The van der Waals surface area contributed by atoms with E-state index in [1.54, 1.807) is 25.4 Å². The zero-order chi connectivity index (χ0) is 14.8. The highest BCUT2D eigenvalue weighted by atomic mass is 35.5. The molecule has 0 unspecified atom stereocenters. The topological polar surface area (TPSA) is 55.6 Å². The number of aromatic nitrogens is 2. The molecule has 108 valence electrons. The lowest BCUT2D eigenvalue weighted by Crippen LogP contribution is -2.14. The monoisotopic (exact) mass is 321 g/mol. The van der Waals surface area contributed by atoms with Crippen molar-refractivity contribution in [2.24, 2.45) is 0 Å². The Bertz CT molecular complexity index is 844. The van der Waals surface area contributed by atoms with Crippen molar-refractivity contribution in [2.75, 3.05) is 12.4 Å². The van der Waals surface area contributed by atoms with Crippen LogP contribution in [0.15, 0.2) is 40.6 Å². The molecule has 0 radical (unpaired) electrons. The summed E-state index contributed by atoms with van der Waals surface area (Å²) in [6.45, 7) is 0.451. The van der Waals surface area contributed by atoms with Crippen LogP contribution in [0.5, 0.6) is 5.75 Å². The van der Waals surface area contributed by atoms with Gasteiger partial charge < -0.3 is 10.1 Å². The first-order valence-electron chi connectivity index (χ1n) is 6.20. The minimum Gasteiger partial charge on any atom is -0.495 e. The number of nitrogens with one attached hydrogen (secondary N) is 1. The summed E-state index contributed by atoms with van der Waals surface area (Å²) in [7, 11) is 1.57. The summed E-state index contributed by atoms with van der Waals surface area (Å²) in [5.41, 5.74) is 1.45. The first-order chi connectivity index (χ1) is 10.2. The van der Waals surface area contributed by atoms with Crippen LogP contribution in [0, 0.1) is 0 Å². The van der Waals surface area contributed by atoms with Crippen LogP contribution in [0.3, 0.4) is 0 Å².